The van der Waals surface area contributed by atoms with E-state index >= 15 is 0 Å². The third-order valence-electron chi connectivity index (χ3n) is 7.32. The number of aliphatic carboxylic acids is 1. The van der Waals surface area contributed by atoms with E-state index in [1.165, 1.54) is 12.3 Å². The topological polar surface area (TPSA) is 98.7 Å². The van der Waals surface area contributed by atoms with E-state index in [9.17, 15) is 35.5 Å². The fourth-order valence-electron chi connectivity index (χ4n) is 5.45. The lowest BCUT2D eigenvalue weighted by atomic mass is 9.72. The van der Waals surface area contributed by atoms with Crippen molar-refractivity contribution < 1.29 is 45.4 Å². The number of carboxylic acid groups (broad SMARTS) is 1. The van der Waals surface area contributed by atoms with Crippen LogP contribution in [0.25, 0.3) is 0 Å². The van der Waals surface area contributed by atoms with Gasteiger partial charge in [-0.1, -0.05) is 18.2 Å². The summed E-state index contributed by atoms with van der Waals surface area (Å²) in [5, 5.41) is 9.37. The molecule has 236 valence electrons. The third kappa shape index (κ3) is 6.93. The van der Waals surface area contributed by atoms with Gasteiger partial charge in [-0.15, -0.1) is 0 Å². The van der Waals surface area contributed by atoms with Gasteiger partial charge in [0.15, 0.2) is 17.2 Å². The normalized spacial score (nSPS) is 17.2. The highest BCUT2D eigenvalue weighted by atomic mass is 19.4. The van der Waals surface area contributed by atoms with Crippen molar-refractivity contribution in [1.82, 2.24) is 20.2 Å². The van der Waals surface area contributed by atoms with E-state index < -0.39 is 41.7 Å². The number of aromatic nitrogens is 2. The Bertz CT molecular complexity index is 1510. The van der Waals surface area contributed by atoms with Crippen LogP contribution in [0.2, 0.25) is 0 Å². The minimum absolute atomic E-state index is 0.159. The Balaban J connectivity index is 0.000000566. The molecule has 3 aromatic rings. The molecule has 0 radical (unpaired) electrons. The predicted octanol–water partition coefficient (Wildman–Crippen LogP) is 4.66. The number of carbonyl (C=O) groups is 2. The molecule has 2 aliphatic rings. The van der Waals surface area contributed by atoms with Crippen LogP contribution in [0, 0.1) is 24.0 Å². The smallest absolute Gasteiger partial charge is 0.475 e. The van der Waals surface area contributed by atoms with Crippen LogP contribution >= 0.6 is 0 Å². The van der Waals surface area contributed by atoms with Crippen molar-refractivity contribution in [1.29, 1.82) is 0 Å². The Hall–Kier alpha value is -4.27. The number of nitrogens with zero attached hydrogens (tertiary/aromatic N) is 4. The number of alkyl halides is 5. The fourth-order valence-corrected chi connectivity index (χ4v) is 5.45. The first kappa shape index (κ1) is 32.6. The van der Waals surface area contributed by atoms with E-state index in [1.54, 1.807) is 6.07 Å². The highest BCUT2D eigenvalue weighted by Gasteiger charge is 2.52. The van der Waals surface area contributed by atoms with Crippen LogP contribution in [0.5, 0.6) is 0 Å². The lowest BCUT2D eigenvalue weighted by Crippen LogP contribution is -2.72. The molecule has 8 nitrogen and oxygen atoms in total. The summed E-state index contributed by atoms with van der Waals surface area (Å²) in [6, 6.07) is 11.5. The van der Waals surface area contributed by atoms with Crippen molar-refractivity contribution in [2.24, 2.45) is 5.41 Å². The Morgan fingerprint density at radius 1 is 1.02 bits per heavy atom. The van der Waals surface area contributed by atoms with Gasteiger partial charge in [0, 0.05) is 57.0 Å². The number of benzene rings is 1. The van der Waals surface area contributed by atoms with Crippen molar-refractivity contribution in [2.75, 3.05) is 31.1 Å². The van der Waals surface area contributed by atoms with Gasteiger partial charge in [0.2, 0.25) is 5.91 Å². The highest BCUT2D eigenvalue weighted by molar-refractivity contribution is 5.75. The molecule has 1 amide bonds. The Labute approximate surface area is 247 Å². The quantitative estimate of drug-likeness (QED) is 0.368. The van der Waals surface area contributed by atoms with Gasteiger partial charge in [-0.25, -0.2) is 27.3 Å². The number of halogens is 7. The monoisotopic (exact) mass is 627 g/mol. The van der Waals surface area contributed by atoms with Gasteiger partial charge in [-0.3, -0.25) is 14.7 Å². The van der Waals surface area contributed by atoms with Gasteiger partial charge in [-0.2, -0.15) is 13.2 Å². The first-order valence-corrected chi connectivity index (χ1v) is 13.2. The molecule has 2 aromatic heterocycles. The number of amides is 1. The molecule has 1 aromatic carbocycles. The summed E-state index contributed by atoms with van der Waals surface area (Å²) in [6.07, 6.45) is -6.76. The molecule has 0 saturated carbocycles. The van der Waals surface area contributed by atoms with E-state index in [1.807, 2.05) is 25.1 Å². The average molecular weight is 628 g/mol. The Morgan fingerprint density at radius 2 is 1.68 bits per heavy atom. The molecule has 15 heteroatoms. The molecule has 1 spiro atoms. The van der Waals surface area contributed by atoms with Gasteiger partial charge >= 0.3 is 12.1 Å². The number of hydrogen-bond acceptors (Lipinski definition) is 6. The van der Waals surface area contributed by atoms with E-state index in [2.05, 4.69) is 25.1 Å². The molecular weight excluding hydrogens is 599 g/mol. The lowest BCUT2D eigenvalue weighted by molar-refractivity contribution is -0.192. The zero-order chi connectivity index (χ0) is 32.4. The zero-order valence-electron chi connectivity index (χ0n) is 23.5. The summed E-state index contributed by atoms with van der Waals surface area (Å²) < 4.78 is 88.2. The number of carbonyl (C=O) groups excluding carboxylic acids is 1. The van der Waals surface area contributed by atoms with E-state index in [4.69, 9.17) is 9.90 Å². The second kappa shape index (κ2) is 12.4. The standard InChI is InChI=1S/C27H27F4N5O.C2HF3O2/c1-17-4-3-5-24(33-17)36-15-26(16-36)13-35(14-26)12-19-6-9-23(32-11-19)27(25(30)31,34-18(2)37)20-7-8-21(28)22(29)10-20;3-2(4,5)1(6)7/h3-11,25H,12-16H2,1-2H3,(H,34,37);(H,6,7)/t27-;/m1./s1. The molecule has 44 heavy (non-hydrogen) atoms. The summed E-state index contributed by atoms with van der Waals surface area (Å²) in [4.78, 5) is 34.1. The van der Waals surface area contributed by atoms with Gasteiger partial charge in [-0.05, 0) is 48.4 Å². The van der Waals surface area contributed by atoms with Crippen molar-refractivity contribution in [3.63, 3.8) is 0 Å². The summed E-state index contributed by atoms with van der Waals surface area (Å²) in [5.41, 5.74) is -0.817. The predicted molar refractivity (Wildman–Crippen MR) is 144 cm³/mol. The van der Waals surface area contributed by atoms with Crippen molar-refractivity contribution in [3.05, 3.63) is 88.9 Å². The molecular formula is C29H28F7N5O3. The molecule has 2 aliphatic heterocycles. The number of nitrogens with one attached hydrogen (secondary N) is 1. The van der Waals surface area contributed by atoms with Crippen LogP contribution in [0.4, 0.5) is 36.6 Å². The third-order valence-corrected chi connectivity index (χ3v) is 7.32. The number of pyridine rings is 2. The second-order valence-corrected chi connectivity index (χ2v) is 10.9. The molecule has 2 fully saturated rings. The van der Waals surface area contributed by atoms with Crippen LogP contribution in [-0.4, -0.2) is 70.6 Å². The molecule has 5 rings (SSSR count). The highest BCUT2D eigenvalue weighted by Crippen LogP contribution is 2.42. The summed E-state index contributed by atoms with van der Waals surface area (Å²) >= 11 is 0. The van der Waals surface area contributed by atoms with Crippen molar-refractivity contribution in [2.45, 2.75) is 38.5 Å². The van der Waals surface area contributed by atoms with E-state index in [0.29, 0.717) is 12.6 Å². The zero-order valence-corrected chi connectivity index (χ0v) is 23.5. The summed E-state index contributed by atoms with van der Waals surface area (Å²) in [7, 11) is 0. The lowest BCUT2D eigenvalue weighted by Gasteiger charge is -2.60. The number of hydrogen-bond donors (Lipinski definition) is 2. The van der Waals surface area contributed by atoms with E-state index in [0.717, 1.165) is 62.3 Å². The molecule has 1 atom stereocenters. The number of carboxylic acids is 1. The summed E-state index contributed by atoms with van der Waals surface area (Å²) in [6.45, 7) is 7.38. The molecule has 0 unspecified atom stereocenters. The van der Waals surface area contributed by atoms with Gasteiger partial charge in [0.1, 0.15) is 5.82 Å². The van der Waals surface area contributed by atoms with Crippen LogP contribution < -0.4 is 10.2 Å². The molecule has 4 heterocycles. The van der Waals surface area contributed by atoms with Crippen molar-refractivity contribution >= 4 is 17.7 Å². The fraction of sp³-hybridized carbons (Fsp3) is 0.379. The van der Waals surface area contributed by atoms with Crippen LogP contribution in [0.1, 0.15) is 29.4 Å². The molecule has 2 saturated heterocycles. The molecule has 0 aliphatic carbocycles. The Kier molecular flexibility index (Phi) is 9.18. The van der Waals surface area contributed by atoms with Crippen LogP contribution in [-0.2, 0) is 21.7 Å². The number of aryl methyl sites for hydroxylation is 1. The Morgan fingerprint density at radius 3 is 2.18 bits per heavy atom. The maximum atomic E-state index is 14.5. The molecule has 0 bridgehead atoms. The van der Waals surface area contributed by atoms with Crippen LogP contribution in [0.3, 0.4) is 0 Å². The van der Waals surface area contributed by atoms with Gasteiger partial charge in [0.05, 0.1) is 5.69 Å². The van der Waals surface area contributed by atoms with Gasteiger partial charge in [0.25, 0.3) is 6.43 Å². The second-order valence-electron chi connectivity index (χ2n) is 10.9. The number of rotatable bonds is 7. The largest absolute Gasteiger partial charge is 0.490 e. The minimum Gasteiger partial charge on any atom is -0.475 e. The van der Waals surface area contributed by atoms with E-state index in [-0.39, 0.29) is 16.7 Å². The SMILES string of the molecule is CC(=O)N[C@](c1ccc(F)c(F)c1)(c1ccc(CN2CC3(C2)CN(c2cccc(C)n2)C3)cn1)C(F)F.O=C(O)C(F)(F)F. The minimum atomic E-state index is -5.08. The summed E-state index contributed by atoms with van der Waals surface area (Å²) in [5.74, 6) is -4.98. The van der Waals surface area contributed by atoms with Crippen LogP contribution in [0.15, 0.2) is 54.7 Å². The average Bonchev–Trinajstić information content (AvgIpc) is 2.89. The number of likely N-dealkylation sites (tertiary alicyclic amines) is 1. The molecule has 2 N–H and O–H groups in total. The first-order valence-electron chi connectivity index (χ1n) is 13.2. The van der Waals surface area contributed by atoms with Crippen molar-refractivity contribution in [3.8, 4) is 0 Å². The maximum Gasteiger partial charge on any atom is 0.490 e. The number of anilines is 1. The van der Waals surface area contributed by atoms with Gasteiger partial charge < -0.3 is 15.3 Å². The first-order chi connectivity index (χ1) is 20.5. The maximum absolute atomic E-state index is 14.5.